The molecular formula is C17H20N2O5. The molecule has 2 heterocycles. The minimum atomic E-state index is -0.272. The van der Waals surface area contributed by atoms with Crippen LogP contribution >= 0.6 is 0 Å². The summed E-state index contributed by atoms with van der Waals surface area (Å²) in [5.74, 6) is 3.58. The van der Waals surface area contributed by atoms with Crippen molar-refractivity contribution in [1.82, 2.24) is 10.6 Å². The highest BCUT2D eigenvalue weighted by Gasteiger charge is 2.14. The molecule has 3 rings (SSSR count). The van der Waals surface area contributed by atoms with Gasteiger partial charge in [-0.05, 0) is 38.1 Å². The maximum atomic E-state index is 11.8. The Kier molecular flexibility index (Phi) is 4.79. The lowest BCUT2D eigenvalue weighted by Gasteiger charge is -2.13. The second-order valence-corrected chi connectivity index (χ2v) is 5.43. The molecule has 128 valence electrons. The van der Waals surface area contributed by atoms with Crippen molar-refractivity contribution in [3.8, 4) is 17.2 Å². The Morgan fingerprint density at radius 2 is 2.08 bits per heavy atom. The van der Waals surface area contributed by atoms with Gasteiger partial charge in [-0.15, -0.1) is 0 Å². The number of furan rings is 1. The number of benzene rings is 1. The molecule has 0 saturated carbocycles. The quantitative estimate of drug-likeness (QED) is 0.795. The van der Waals surface area contributed by atoms with Crippen molar-refractivity contribution in [3.05, 3.63) is 41.9 Å². The van der Waals surface area contributed by atoms with Crippen molar-refractivity contribution in [3.63, 3.8) is 0 Å². The fourth-order valence-electron chi connectivity index (χ4n) is 2.31. The van der Waals surface area contributed by atoms with E-state index >= 15 is 0 Å². The first-order valence-corrected chi connectivity index (χ1v) is 7.75. The van der Waals surface area contributed by atoms with Gasteiger partial charge < -0.3 is 29.3 Å². The molecule has 7 heteroatoms. The first-order chi connectivity index (χ1) is 11.6. The predicted octanol–water partition coefficient (Wildman–Crippen LogP) is 2.76. The van der Waals surface area contributed by atoms with Gasteiger partial charge in [-0.1, -0.05) is 0 Å². The maximum absolute atomic E-state index is 11.8. The van der Waals surface area contributed by atoms with Gasteiger partial charge in [-0.25, -0.2) is 4.79 Å². The average molecular weight is 332 g/mol. The number of fused-ring (bicyclic) bond motifs is 1. The Bertz CT molecular complexity index is 713. The summed E-state index contributed by atoms with van der Waals surface area (Å²) in [5.41, 5.74) is 0. The van der Waals surface area contributed by atoms with Crippen LogP contribution in [0.2, 0.25) is 0 Å². The minimum Gasteiger partial charge on any atom is -0.492 e. The first-order valence-electron chi connectivity index (χ1n) is 7.75. The van der Waals surface area contributed by atoms with Crippen LogP contribution in [0.3, 0.4) is 0 Å². The molecule has 1 aliphatic heterocycles. The summed E-state index contributed by atoms with van der Waals surface area (Å²) in [6, 6.07) is 8.61. The van der Waals surface area contributed by atoms with Crippen molar-refractivity contribution < 1.29 is 23.4 Å². The second-order valence-electron chi connectivity index (χ2n) is 5.43. The summed E-state index contributed by atoms with van der Waals surface area (Å²) in [5, 5.41) is 5.55. The number of ether oxygens (including phenoxy) is 3. The molecule has 1 aromatic heterocycles. The predicted molar refractivity (Wildman–Crippen MR) is 86.5 cm³/mol. The number of carbonyl (C=O) groups excluding carboxylic acids is 1. The zero-order valence-corrected chi connectivity index (χ0v) is 13.6. The van der Waals surface area contributed by atoms with Crippen LogP contribution in [0.15, 0.2) is 34.7 Å². The number of urea groups is 1. The maximum Gasteiger partial charge on any atom is 0.315 e. The fourth-order valence-corrected chi connectivity index (χ4v) is 2.31. The van der Waals surface area contributed by atoms with Gasteiger partial charge in [-0.3, -0.25) is 0 Å². The largest absolute Gasteiger partial charge is 0.492 e. The van der Waals surface area contributed by atoms with E-state index in [1.54, 1.807) is 18.2 Å². The van der Waals surface area contributed by atoms with E-state index in [0.29, 0.717) is 30.4 Å². The van der Waals surface area contributed by atoms with Crippen LogP contribution in [-0.4, -0.2) is 26.0 Å². The molecule has 7 nitrogen and oxygen atoms in total. The van der Waals surface area contributed by atoms with Crippen LogP contribution in [0.5, 0.6) is 17.2 Å². The van der Waals surface area contributed by atoms with Crippen molar-refractivity contribution in [2.75, 3.05) is 19.9 Å². The van der Waals surface area contributed by atoms with Gasteiger partial charge >= 0.3 is 6.03 Å². The SMILES string of the molecule is Cc1ccc([C@H](C)NC(=O)NCCOc2ccc3c(c2)OCO3)o1. The van der Waals surface area contributed by atoms with Gasteiger partial charge in [0.2, 0.25) is 6.79 Å². The van der Waals surface area contributed by atoms with Crippen molar-refractivity contribution in [2.24, 2.45) is 0 Å². The first kappa shape index (κ1) is 16.0. The van der Waals surface area contributed by atoms with Crippen molar-refractivity contribution >= 4 is 6.03 Å². The molecule has 2 N–H and O–H groups in total. The number of aryl methyl sites for hydroxylation is 1. The molecule has 0 saturated heterocycles. The molecule has 0 aliphatic carbocycles. The van der Waals surface area contributed by atoms with Gasteiger partial charge in [0.1, 0.15) is 23.9 Å². The van der Waals surface area contributed by atoms with Gasteiger partial charge in [0.15, 0.2) is 11.5 Å². The Labute approximate surface area is 139 Å². The molecule has 2 aromatic rings. The summed E-state index contributed by atoms with van der Waals surface area (Å²) in [6.45, 7) is 4.68. The van der Waals surface area contributed by atoms with E-state index < -0.39 is 0 Å². The molecule has 0 bridgehead atoms. The highest BCUT2D eigenvalue weighted by molar-refractivity contribution is 5.74. The number of carbonyl (C=O) groups is 1. The molecule has 24 heavy (non-hydrogen) atoms. The Balaban J connectivity index is 1.37. The van der Waals surface area contributed by atoms with Crippen LogP contribution in [0.1, 0.15) is 24.5 Å². The van der Waals surface area contributed by atoms with Gasteiger partial charge in [0, 0.05) is 6.07 Å². The third-order valence-electron chi connectivity index (χ3n) is 3.54. The summed E-state index contributed by atoms with van der Waals surface area (Å²) < 4.78 is 21.6. The summed E-state index contributed by atoms with van der Waals surface area (Å²) in [7, 11) is 0. The van der Waals surface area contributed by atoms with Crippen molar-refractivity contribution in [1.29, 1.82) is 0 Å². The molecule has 0 unspecified atom stereocenters. The molecule has 1 atom stereocenters. The lowest BCUT2D eigenvalue weighted by molar-refractivity contribution is 0.173. The third kappa shape index (κ3) is 3.92. The summed E-state index contributed by atoms with van der Waals surface area (Å²) >= 11 is 0. The van der Waals surface area contributed by atoms with E-state index in [1.807, 2.05) is 26.0 Å². The van der Waals surface area contributed by atoms with Crippen LogP contribution in [0.4, 0.5) is 4.79 Å². The number of hydrogen-bond donors (Lipinski definition) is 2. The molecule has 0 spiro atoms. The van der Waals surface area contributed by atoms with E-state index in [9.17, 15) is 4.79 Å². The van der Waals surface area contributed by atoms with Crippen LogP contribution in [-0.2, 0) is 0 Å². The van der Waals surface area contributed by atoms with E-state index in [0.717, 1.165) is 11.5 Å². The smallest absolute Gasteiger partial charge is 0.315 e. The fraction of sp³-hybridized carbons (Fsp3) is 0.353. The minimum absolute atomic E-state index is 0.200. The van der Waals surface area contributed by atoms with E-state index in [-0.39, 0.29) is 18.9 Å². The number of amides is 2. The van der Waals surface area contributed by atoms with Crippen LogP contribution in [0, 0.1) is 6.92 Å². The van der Waals surface area contributed by atoms with Crippen LogP contribution < -0.4 is 24.8 Å². The normalized spacial score (nSPS) is 13.4. The Morgan fingerprint density at radius 3 is 2.88 bits per heavy atom. The standard InChI is InChI=1S/C17H20N2O5/c1-11-3-5-14(24-11)12(2)19-17(20)18-7-8-21-13-4-6-15-16(9-13)23-10-22-15/h3-6,9,12H,7-8,10H2,1-2H3,(H2,18,19,20)/t12-/m0/s1. The van der Waals surface area contributed by atoms with Crippen LogP contribution in [0.25, 0.3) is 0 Å². The monoisotopic (exact) mass is 332 g/mol. The lowest BCUT2D eigenvalue weighted by atomic mass is 10.2. The topological polar surface area (TPSA) is 82.0 Å². The molecule has 1 aromatic carbocycles. The zero-order valence-electron chi connectivity index (χ0n) is 13.6. The van der Waals surface area contributed by atoms with Gasteiger partial charge in [-0.2, -0.15) is 0 Å². The highest BCUT2D eigenvalue weighted by atomic mass is 16.7. The number of hydrogen-bond acceptors (Lipinski definition) is 5. The molecule has 2 amide bonds. The Hall–Kier alpha value is -2.83. The van der Waals surface area contributed by atoms with E-state index in [2.05, 4.69) is 10.6 Å². The second kappa shape index (κ2) is 7.16. The zero-order chi connectivity index (χ0) is 16.9. The third-order valence-corrected chi connectivity index (χ3v) is 3.54. The number of nitrogens with one attached hydrogen (secondary N) is 2. The molecular weight excluding hydrogens is 312 g/mol. The molecule has 0 fully saturated rings. The summed E-state index contributed by atoms with van der Waals surface area (Å²) in [6.07, 6.45) is 0. The van der Waals surface area contributed by atoms with Gasteiger partial charge in [0.05, 0.1) is 12.6 Å². The Morgan fingerprint density at radius 1 is 1.25 bits per heavy atom. The average Bonchev–Trinajstić information content (AvgIpc) is 3.19. The lowest BCUT2D eigenvalue weighted by Crippen LogP contribution is -2.38. The van der Waals surface area contributed by atoms with Gasteiger partial charge in [0.25, 0.3) is 0 Å². The molecule has 0 radical (unpaired) electrons. The van der Waals surface area contributed by atoms with Crippen molar-refractivity contribution in [2.45, 2.75) is 19.9 Å². The number of rotatable bonds is 6. The highest BCUT2D eigenvalue weighted by Crippen LogP contribution is 2.34. The molecule has 1 aliphatic rings. The van der Waals surface area contributed by atoms with E-state index in [1.165, 1.54) is 0 Å². The summed E-state index contributed by atoms with van der Waals surface area (Å²) in [4.78, 5) is 11.8. The van der Waals surface area contributed by atoms with E-state index in [4.69, 9.17) is 18.6 Å².